The maximum Gasteiger partial charge on any atom is 0.309 e. The van der Waals surface area contributed by atoms with Crippen molar-refractivity contribution >= 4 is 11.8 Å². The van der Waals surface area contributed by atoms with E-state index in [2.05, 4.69) is 22.3 Å². The molecule has 0 aliphatic carbocycles. The first kappa shape index (κ1) is 12.7. The van der Waals surface area contributed by atoms with Gasteiger partial charge in [-0.05, 0) is 26.7 Å². The molecule has 0 bridgehead atoms. The van der Waals surface area contributed by atoms with Gasteiger partial charge in [0, 0.05) is 25.7 Å². The summed E-state index contributed by atoms with van der Waals surface area (Å²) in [7, 11) is 0. The number of oxime groups is 1. The molecule has 3 heterocycles. The first-order valence-corrected chi connectivity index (χ1v) is 6.92. The fraction of sp³-hybridized carbons (Fsp3) is 0.846. The molecule has 106 valence electrons. The monoisotopic (exact) mass is 267 g/mol. The highest BCUT2D eigenvalue weighted by Crippen LogP contribution is 2.36. The first-order valence-electron chi connectivity index (χ1n) is 6.92. The Kier molecular flexibility index (Phi) is 2.74. The van der Waals surface area contributed by atoms with E-state index >= 15 is 0 Å². The summed E-state index contributed by atoms with van der Waals surface area (Å²) >= 11 is 0. The number of likely N-dealkylation sites (tertiary alicyclic amines) is 1. The Bertz CT molecular complexity index is 429. The normalized spacial score (nSPS) is 36.6. The Labute approximate surface area is 112 Å². The van der Waals surface area contributed by atoms with Crippen molar-refractivity contribution in [1.29, 1.82) is 0 Å². The molecule has 3 rings (SSSR count). The number of piperidine rings is 1. The highest BCUT2D eigenvalue weighted by atomic mass is 16.7. The zero-order chi connectivity index (χ0) is 13.7. The molecule has 2 fully saturated rings. The van der Waals surface area contributed by atoms with Gasteiger partial charge in [0.1, 0.15) is 5.84 Å². The molecule has 0 aromatic heterocycles. The largest absolute Gasteiger partial charge is 0.481 e. The number of rotatable bonds is 1. The molecule has 0 saturated carbocycles. The fourth-order valence-corrected chi connectivity index (χ4v) is 2.98. The summed E-state index contributed by atoms with van der Waals surface area (Å²) in [5.41, 5.74) is -0.734. The van der Waals surface area contributed by atoms with Crippen molar-refractivity contribution in [1.82, 2.24) is 10.2 Å². The molecule has 2 N–H and O–H groups in total. The first-order chi connectivity index (χ1) is 8.95. The number of nitrogens with zero attached hydrogens (tertiary/aromatic N) is 2. The van der Waals surface area contributed by atoms with Gasteiger partial charge in [-0.25, -0.2) is 0 Å². The Morgan fingerprint density at radius 2 is 2.21 bits per heavy atom. The van der Waals surface area contributed by atoms with Gasteiger partial charge in [0.15, 0.2) is 5.60 Å². The number of hydrogen-bond acceptors (Lipinski definition) is 5. The maximum absolute atomic E-state index is 11.2. The fourth-order valence-electron chi connectivity index (χ4n) is 2.98. The third-order valence-corrected chi connectivity index (χ3v) is 5.04. The molecule has 6 heteroatoms. The van der Waals surface area contributed by atoms with Crippen molar-refractivity contribution in [2.75, 3.05) is 19.6 Å². The van der Waals surface area contributed by atoms with E-state index in [1.54, 1.807) is 0 Å². The van der Waals surface area contributed by atoms with Crippen LogP contribution >= 0.6 is 0 Å². The maximum atomic E-state index is 11.2. The molecule has 0 radical (unpaired) electrons. The summed E-state index contributed by atoms with van der Waals surface area (Å²) in [6.07, 6.45) is 2.18. The highest BCUT2D eigenvalue weighted by molar-refractivity contribution is 5.85. The number of amidine groups is 1. The predicted molar refractivity (Wildman–Crippen MR) is 69.9 cm³/mol. The second-order valence-electron chi connectivity index (χ2n) is 6.30. The van der Waals surface area contributed by atoms with Crippen LogP contribution in [0.4, 0.5) is 0 Å². The standard InChI is InChI=1S/C13H21N3O3/c1-9-13(8-14-9)7-10(15-19-13)16-5-3-12(2,4-6-16)11(17)18/h9,14H,3-8H2,1-2H3,(H,17,18). The third-order valence-electron chi connectivity index (χ3n) is 5.04. The lowest BCUT2D eigenvalue weighted by Gasteiger charge is -2.43. The number of hydrogen-bond donors (Lipinski definition) is 2. The van der Waals surface area contributed by atoms with Crippen molar-refractivity contribution in [2.24, 2.45) is 10.6 Å². The van der Waals surface area contributed by atoms with Gasteiger partial charge in [-0.15, -0.1) is 0 Å². The highest BCUT2D eigenvalue weighted by Gasteiger charge is 2.52. The van der Waals surface area contributed by atoms with Crippen molar-refractivity contribution in [3.8, 4) is 0 Å². The van der Waals surface area contributed by atoms with Gasteiger partial charge < -0.3 is 20.2 Å². The SMILES string of the molecule is CC1NCC12CC(N1CCC(C)(C(=O)O)CC1)=NO2. The molecule has 0 amide bonds. The molecule has 0 aromatic rings. The Morgan fingerprint density at radius 3 is 2.63 bits per heavy atom. The number of carbonyl (C=O) groups is 1. The van der Waals surface area contributed by atoms with Crippen LogP contribution in [0.25, 0.3) is 0 Å². The van der Waals surface area contributed by atoms with Crippen LogP contribution in [0.3, 0.4) is 0 Å². The molecular weight excluding hydrogens is 246 g/mol. The van der Waals surface area contributed by atoms with E-state index in [0.717, 1.165) is 31.9 Å². The van der Waals surface area contributed by atoms with Crippen LogP contribution in [0.1, 0.15) is 33.1 Å². The topological polar surface area (TPSA) is 74.2 Å². The van der Waals surface area contributed by atoms with Crippen LogP contribution < -0.4 is 5.32 Å². The Hall–Kier alpha value is -1.30. The van der Waals surface area contributed by atoms with E-state index in [9.17, 15) is 9.90 Å². The Morgan fingerprint density at radius 1 is 1.53 bits per heavy atom. The lowest BCUT2D eigenvalue weighted by Crippen LogP contribution is -2.66. The summed E-state index contributed by atoms with van der Waals surface area (Å²) in [5, 5.41) is 16.8. The zero-order valence-electron chi connectivity index (χ0n) is 11.5. The molecule has 3 aliphatic rings. The van der Waals surface area contributed by atoms with Crippen molar-refractivity contribution in [3.05, 3.63) is 0 Å². The van der Waals surface area contributed by atoms with Crippen LogP contribution in [0.2, 0.25) is 0 Å². The summed E-state index contributed by atoms with van der Waals surface area (Å²) in [6.45, 7) is 6.30. The van der Waals surface area contributed by atoms with Crippen LogP contribution in [0.5, 0.6) is 0 Å². The van der Waals surface area contributed by atoms with Gasteiger partial charge in [0.25, 0.3) is 0 Å². The van der Waals surface area contributed by atoms with Gasteiger partial charge in [0.05, 0.1) is 11.8 Å². The summed E-state index contributed by atoms with van der Waals surface area (Å²) in [6, 6.07) is 0.336. The number of aliphatic carboxylic acids is 1. The van der Waals surface area contributed by atoms with Crippen LogP contribution in [-0.2, 0) is 9.63 Å². The number of carboxylic acid groups (broad SMARTS) is 1. The van der Waals surface area contributed by atoms with Crippen LogP contribution in [0.15, 0.2) is 5.16 Å². The van der Waals surface area contributed by atoms with Crippen molar-refractivity contribution < 1.29 is 14.7 Å². The molecule has 1 spiro atoms. The second kappa shape index (κ2) is 4.10. The van der Waals surface area contributed by atoms with Crippen LogP contribution in [-0.4, -0.2) is 53.1 Å². The molecule has 3 aliphatic heterocycles. The lowest BCUT2D eigenvalue weighted by molar-refractivity contribution is -0.150. The summed E-state index contributed by atoms with van der Waals surface area (Å²) in [4.78, 5) is 19.0. The average molecular weight is 267 g/mol. The van der Waals surface area contributed by atoms with E-state index in [1.165, 1.54) is 0 Å². The van der Waals surface area contributed by atoms with E-state index in [0.29, 0.717) is 18.9 Å². The van der Waals surface area contributed by atoms with Gasteiger partial charge in [-0.1, -0.05) is 5.16 Å². The van der Waals surface area contributed by atoms with Gasteiger partial charge >= 0.3 is 5.97 Å². The molecule has 2 atom stereocenters. The zero-order valence-corrected chi connectivity index (χ0v) is 11.5. The van der Waals surface area contributed by atoms with Crippen molar-refractivity contribution in [3.63, 3.8) is 0 Å². The molecule has 0 aromatic carbocycles. The minimum atomic E-state index is -0.690. The van der Waals surface area contributed by atoms with E-state index in [4.69, 9.17) is 4.84 Å². The smallest absolute Gasteiger partial charge is 0.309 e. The molecule has 19 heavy (non-hydrogen) atoms. The van der Waals surface area contributed by atoms with Crippen LogP contribution in [0, 0.1) is 5.41 Å². The lowest BCUT2D eigenvalue weighted by atomic mass is 9.79. The van der Waals surface area contributed by atoms with Gasteiger partial charge in [-0.2, -0.15) is 0 Å². The third kappa shape index (κ3) is 1.89. The van der Waals surface area contributed by atoms with E-state index in [-0.39, 0.29) is 5.60 Å². The molecule has 6 nitrogen and oxygen atoms in total. The van der Waals surface area contributed by atoms with Gasteiger partial charge in [-0.3, -0.25) is 4.79 Å². The molecule has 2 unspecified atom stereocenters. The second-order valence-corrected chi connectivity index (χ2v) is 6.30. The van der Waals surface area contributed by atoms with Gasteiger partial charge in [0.2, 0.25) is 0 Å². The molecule has 2 saturated heterocycles. The predicted octanol–water partition coefficient (Wildman–Crippen LogP) is 0.637. The van der Waals surface area contributed by atoms with Crippen molar-refractivity contribution in [2.45, 2.75) is 44.8 Å². The average Bonchev–Trinajstić information content (AvgIpc) is 2.85. The van der Waals surface area contributed by atoms with E-state index < -0.39 is 11.4 Å². The van der Waals surface area contributed by atoms with E-state index in [1.807, 2.05) is 6.92 Å². The number of carboxylic acids is 1. The minimum absolute atomic E-state index is 0.150. The molecular formula is C13H21N3O3. The quantitative estimate of drug-likeness (QED) is 0.729. The minimum Gasteiger partial charge on any atom is -0.481 e. The summed E-state index contributed by atoms with van der Waals surface area (Å²) < 4.78 is 0. The summed E-state index contributed by atoms with van der Waals surface area (Å²) in [5.74, 6) is 0.297. The number of nitrogens with one attached hydrogen (secondary N) is 1. The Balaban J connectivity index is 1.60.